The van der Waals surface area contributed by atoms with Gasteiger partial charge in [0, 0.05) is 50.8 Å². The Morgan fingerprint density at radius 3 is 2.34 bits per heavy atom. The van der Waals surface area contributed by atoms with Crippen LogP contribution >= 0.6 is 24.0 Å². The SMILES string of the molecule is CCC(CC)C(=O)N1CCC(NC(=NC)NCCCCc2ccc([N+](=O)[O-])cc2)CC1.I. The van der Waals surface area contributed by atoms with Gasteiger partial charge in [-0.25, -0.2) is 0 Å². The maximum atomic E-state index is 12.5. The number of nitrogens with zero attached hydrogens (tertiary/aromatic N) is 3. The van der Waals surface area contributed by atoms with Crippen LogP contribution in [0, 0.1) is 16.0 Å². The molecule has 8 nitrogen and oxygen atoms in total. The first kappa shape index (κ1) is 28.1. The molecule has 0 saturated carbocycles. The summed E-state index contributed by atoms with van der Waals surface area (Å²) in [5.74, 6) is 1.27. The quantitative estimate of drug-likeness (QED) is 0.112. The highest BCUT2D eigenvalue weighted by molar-refractivity contribution is 14.0. The molecule has 1 saturated heterocycles. The third-order valence-corrected chi connectivity index (χ3v) is 6.04. The fourth-order valence-corrected chi connectivity index (χ4v) is 3.97. The molecule has 9 heteroatoms. The first-order chi connectivity index (χ1) is 15.0. The van der Waals surface area contributed by atoms with Gasteiger partial charge in [-0.05, 0) is 50.5 Å². The number of rotatable bonds is 10. The standard InChI is InChI=1S/C23H37N5O3.HI/c1-4-19(5-2)22(29)27-16-13-20(14-17-27)26-23(24-3)25-15-7-6-8-18-9-11-21(12-10-18)28(30)31;/h9-12,19-20H,4-8,13-17H2,1-3H3,(H2,24,25,26);1H. The van der Waals surface area contributed by atoms with Crippen LogP contribution < -0.4 is 10.6 Å². The van der Waals surface area contributed by atoms with Crippen LogP contribution in [0.15, 0.2) is 29.3 Å². The maximum Gasteiger partial charge on any atom is 0.269 e. The highest BCUT2D eigenvalue weighted by Gasteiger charge is 2.26. The van der Waals surface area contributed by atoms with Crippen LogP contribution in [0.4, 0.5) is 5.69 Å². The second kappa shape index (κ2) is 15.0. The predicted molar refractivity (Wildman–Crippen MR) is 140 cm³/mol. The number of carbonyl (C=O) groups is 1. The molecule has 1 aromatic carbocycles. The first-order valence-corrected chi connectivity index (χ1v) is 11.5. The Hall–Kier alpha value is -1.91. The topological polar surface area (TPSA) is 99.9 Å². The summed E-state index contributed by atoms with van der Waals surface area (Å²) in [4.78, 5) is 29.2. The molecule has 0 aliphatic carbocycles. The lowest BCUT2D eigenvalue weighted by Crippen LogP contribution is -2.50. The van der Waals surface area contributed by atoms with Crippen LogP contribution in [0.25, 0.3) is 0 Å². The van der Waals surface area contributed by atoms with Crippen LogP contribution in [0.2, 0.25) is 0 Å². The molecule has 1 amide bonds. The van der Waals surface area contributed by atoms with E-state index in [2.05, 4.69) is 29.5 Å². The average molecular weight is 559 g/mol. The van der Waals surface area contributed by atoms with Gasteiger partial charge in [0.05, 0.1) is 4.92 Å². The Morgan fingerprint density at radius 1 is 1.19 bits per heavy atom. The minimum absolute atomic E-state index is 0. The molecule has 1 aromatic rings. The molecule has 1 aliphatic rings. The molecule has 2 N–H and O–H groups in total. The van der Waals surface area contributed by atoms with E-state index in [1.54, 1.807) is 19.2 Å². The van der Waals surface area contributed by atoms with Crippen molar-refractivity contribution < 1.29 is 9.72 Å². The highest BCUT2D eigenvalue weighted by atomic mass is 127. The van der Waals surface area contributed by atoms with Crippen LogP contribution in [0.5, 0.6) is 0 Å². The van der Waals surface area contributed by atoms with Crippen molar-refractivity contribution in [1.29, 1.82) is 0 Å². The zero-order valence-electron chi connectivity index (χ0n) is 19.5. The zero-order chi connectivity index (χ0) is 22.6. The number of amides is 1. The lowest BCUT2D eigenvalue weighted by molar-refractivity contribution is -0.384. The van der Waals surface area contributed by atoms with Crippen molar-refractivity contribution in [3.63, 3.8) is 0 Å². The van der Waals surface area contributed by atoms with Crippen LogP contribution in [0.3, 0.4) is 0 Å². The van der Waals surface area contributed by atoms with Gasteiger partial charge in [0.1, 0.15) is 0 Å². The molecule has 2 rings (SSSR count). The lowest BCUT2D eigenvalue weighted by Gasteiger charge is -2.34. The highest BCUT2D eigenvalue weighted by Crippen LogP contribution is 2.17. The fourth-order valence-electron chi connectivity index (χ4n) is 3.97. The summed E-state index contributed by atoms with van der Waals surface area (Å²) in [6.45, 7) is 6.60. The van der Waals surface area contributed by atoms with E-state index >= 15 is 0 Å². The molecule has 32 heavy (non-hydrogen) atoms. The number of piperidine rings is 1. The van der Waals surface area contributed by atoms with Crippen LogP contribution in [-0.4, -0.2) is 54.4 Å². The van der Waals surface area contributed by atoms with Gasteiger partial charge in [-0.15, -0.1) is 24.0 Å². The number of likely N-dealkylation sites (tertiary alicyclic amines) is 1. The fraction of sp³-hybridized carbons (Fsp3) is 0.652. The van der Waals surface area contributed by atoms with E-state index < -0.39 is 0 Å². The molecule has 1 fully saturated rings. The Morgan fingerprint density at radius 2 is 1.81 bits per heavy atom. The van der Waals surface area contributed by atoms with Crippen molar-refractivity contribution in [2.75, 3.05) is 26.7 Å². The summed E-state index contributed by atoms with van der Waals surface area (Å²) in [7, 11) is 1.78. The number of aliphatic imine (C=N–C) groups is 1. The number of guanidine groups is 1. The summed E-state index contributed by atoms with van der Waals surface area (Å²) in [5.41, 5.74) is 1.24. The summed E-state index contributed by atoms with van der Waals surface area (Å²) in [6.07, 6.45) is 6.58. The normalized spacial score (nSPS) is 14.8. The summed E-state index contributed by atoms with van der Waals surface area (Å²) < 4.78 is 0. The molecule has 0 spiro atoms. The largest absolute Gasteiger partial charge is 0.356 e. The monoisotopic (exact) mass is 559 g/mol. The van der Waals surface area contributed by atoms with Gasteiger partial charge < -0.3 is 15.5 Å². The number of nitrogens with one attached hydrogen (secondary N) is 2. The van der Waals surface area contributed by atoms with Gasteiger partial charge in [0.25, 0.3) is 5.69 Å². The molecule has 1 heterocycles. The van der Waals surface area contributed by atoms with Gasteiger partial charge in [-0.3, -0.25) is 19.9 Å². The molecule has 0 bridgehead atoms. The van der Waals surface area contributed by atoms with E-state index in [1.165, 1.54) is 0 Å². The molecule has 0 radical (unpaired) electrons. The molecule has 0 aromatic heterocycles. The lowest BCUT2D eigenvalue weighted by atomic mass is 9.98. The third-order valence-electron chi connectivity index (χ3n) is 6.04. The maximum absolute atomic E-state index is 12.5. The van der Waals surface area contributed by atoms with Crippen LogP contribution in [0.1, 0.15) is 57.9 Å². The van der Waals surface area contributed by atoms with E-state index in [1.807, 2.05) is 17.0 Å². The number of halogens is 1. The molecule has 180 valence electrons. The van der Waals surface area contributed by atoms with Crippen LogP contribution in [-0.2, 0) is 11.2 Å². The predicted octanol–water partition coefficient (Wildman–Crippen LogP) is 4.13. The number of hydrogen-bond donors (Lipinski definition) is 2. The molecule has 0 unspecified atom stereocenters. The number of nitro benzene ring substituents is 1. The van der Waals surface area contributed by atoms with Crippen molar-refractivity contribution >= 4 is 41.5 Å². The van der Waals surface area contributed by atoms with Gasteiger partial charge >= 0.3 is 0 Å². The van der Waals surface area contributed by atoms with E-state index in [0.717, 1.165) is 76.1 Å². The number of unbranched alkanes of at least 4 members (excludes halogenated alkanes) is 1. The van der Waals surface area contributed by atoms with E-state index in [-0.39, 0.29) is 40.5 Å². The Labute approximate surface area is 208 Å². The number of aryl methyl sites for hydroxylation is 1. The van der Waals surface area contributed by atoms with Gasteiger partial charge in [0.15, 0.2) is 5.96 Å². The number of non-ortho nitro benzene ring substituents is 1. The van der Waals surface area contributed by atoms with Crippen molar-refractivity contribution in [3.8, 4) is 0 Å². The summed E-state index contributed by atoms with van der Waals surface area (Å²) >= 11 is 0. The number of hydrogen-bond acceptors (Lipinski definition) is 4. The van der Waals surface area contributed by atoms with Crippen molar-refractivity contribution in [3.05, 3.63) is 39.9 Å². The summed E-state index contributed by atoms with van der Waals surface area (Å²) in [5, 5.41) is 17.6. The van der Waals surface area contributed by atoms with E-state index in [0.29, 0.717) is 11.9 Å². The minimum Gasteiger partial charge on any atom is -0.356 e. The molecule has 1 aliphatic heterocycles. The Balaban J connectivity index is 0.00000512. The summed E-state index contributed by atoms with van der Waals surface area (Å²) in [6, 6.07) is 7.10. The molecular formula is C23H38IN5O3. The second-order valence-corrected chi connectivity index (χ2v) is 8.14. The van der Waals surface area contributed by atoms with Crippen molar-refractivity contribution in [1.82, 2.24) is 15.5 Å². The minimum atomic E-state index is -0.374. The second-order valence-electron chi connectivity index (χ2n) is 8.14. The smallest absolute Gasteiger partial charge is 0.269 e. The van der Waals surface area contributed by atoms with Gasteiger partial charge in [-0.1, -0.05) is 26.0 Å². The Kier molecular flexibility index (Phi) is 13.2. The van der Waals surface area contributed by atoms with E-state index in [4.69, 9.17) is 0 Å². The Bertz CT molecular complexity index is 730. The number of carbonyl (C=O) groups excluding carboxylic acids is 1. The average Bonchev–Trinajstić information content (AvgIpc) is 2.79. The first-order valence-electron chi connectivity index (χ1n) is 11.5. The van der Waals surface area contributed by atoms with Gasteiger partial charge in [0.2, 0.25) is 5.91 Å². The van der Waals surface area contributed by atoms with Crippen molar-refractivity contribution in [2.45, 2.75) is 64.8 Å². The molecule has 0 atom stereocenters. The number of nitro groups is 1. The third kappa shape index (κ3) is 8.91. The van der Waals surface area contributed by atoms with Gasteiger partial charge in [-0.2, -0.15) is 0 Å². The number of benzene rings is 1. The van der Waals surface area contributed by atoms with Crippen molar-refractivity contribution in [2.24, 2.45) is 10.9 Å². The molecular weight excluding hydrogens is 521 g/mol. The zero-order valence-corrected chi connectivity index (χ0v) is 21.8. The van der Waals surface area contributed by atoms with E-state index in [9.17, 15) is 14.9 Å².